The number of hydrogen-bond acceptors (Lipinski definition) is 7. The first-order valence-corrected chi connectivity index (χ1v) is 11.2. The molecular formula is C23H28N6OS. The van der Waals surface area contributed by atoms with Crippen LogP contribution in [-0.2, 0) is 10.5 Å². The molecule has 1 aromatic heterocycles. The maximum atomic E-state index is 12.7. The van der Waals surface area contributed by atoms with E-state index in [9.17, 15) is 4.79 Å². The number of nitrogens with two attached hydrogens (primary N) is 1. The Labute approximate surface area is 187 Å². The summed E-state index contributed by atoms with van der Waals surface area (Å²) >= 11 is 1.45. The number of carbonyl (C=O) groups is 1. The number of aromatic nitrogens is 3. The monoisotopic (exact) mass is 436 g/mol. The number of carbonyl (C=O) groups excluding carboxylic acids is 1. The third-order valence-electron chi connectivity index (χ3n) is 4.76. The third-order valence-corrected chi connectivity index (χ3v) is 5.90. The molecule has 0 unspecified atom stereocenters. The highest BCUT2D eigenvalue weighted by atomic mass is 32.2. The highest BCUT2D eigenvalue weighted by Gasteiger charge is 2.17. The van der Waals surface area contributed by atoms with E-state index in [4.69, 9.17) is 5.73 Å². The fraction of sp³-hybridized carbons (Fsp3) is 0.304. The summed E-state index contributed by atoms with van der Waals surface area (Å²) in [5, 5.41) is 5.94. The Morgan fingerprint density at radius 3 is 2.39 bits per heavy atom. The first-order valence-electron chi connectivity index (χ1n) is 10.2. The third kappa shape index (κ3) is 6.18. The van der Waals surface area contributed by atoms with Gasteiger partial charge in [0.1, 0.15) is 5.82 Å². The van der Waals surface area contributed by atoms with Crippen LogP contribution in [0.2, 0.25) is 0 Å². The summed E-state index contributed by atoms with van der Waals surface area (Å²) < 4.78 is 0. The Bertz CT molecular complexity index is 1060. The number of anilines is 4. The predicted octanol–water partition coefficient (Wildman–Crippen LogP) is 4.89. The van der Waals surface area contributed by atoms with E-state index in [1.807, 2.05) is 62.4 Å². The number of aryl methyl sites for hydroxylation is 1. The lowest BCUT2D eigenvalue weighted by molar-refractivity contribution is -0.115. The Morgan fingerprint density at radius 1 is 1.00 bits per heavy atom. The molecule has 0 saturated carbocycles. The zero-order valence-corrected chi connectivity index (χ0v) is 19.0. The Kier molecular flexibility index (Phi) is 7.46. The molecule has 31 heavy (non-hydrogen) atoms. The van der Waals surface area contributed by atoms with Gasteiger partial charge in [0.15, 0.2) is 0 Å². The first kappa shape index (κ1) is 22.6. The molecule has 1 atom stereocenters. The SMILES string of the molecule is Cc1ccccc1Nc1nc(N)nc(CS[C@H](C)C(=O)Nc2ccccc2C(C)C)n1. The van der Waals surface area contributed by atoms with E-state index < -0.39 is 0 Å². The van der Waals surface area contributed by atoms with Crippen molar-refractivity contribution in [3.63, 3.8) is 0 Å². The maximum Gasteiger partial charge on any atom is 0.237 e. The minimum atomic E-state index is -0.286. The summed E-state index contributed by atoms with van der Waals surface area (Å²) in [5.41, 5.74) is 9.82. The van der Waals surface area contributed by atoms with Gasteiger partial charge in [0.05, 0.1) is 11.0 Å². The molecular weight excluding hydrogens is 408 g/mol. The lowest BCUT2D eigenvalue weighted by Crippen LogP contribution is -2.23. The zero-order valence-electron chi connectivity index (χ0n) is 18.2. The highest BCUT2D eigenvalue weighted by molar-refractivity contribution is 7.99. The number of amides is 1. The van der Waals surface area contributed by atoms with Crippen LogP contribution in [0.15, 0.2) is 48.5 Å². The van der Waals surface area contributed by atoms with Gasteiger partial charge in [0, 0.05) is 11.4 Å². The van der Waals surface area contributed by atoms with Gasteiger partial charge in [-0.25, -0.2) is 0 Å². The van der Waals surface area contributed by atoms with Crippen LogP contribution in [0.4, 0.5) is 23.3 Å². The molecule has 2 aromatic carbocycles. The van der Waals surface area contributed by atoms with Crippen LogP contribution in [-0.4, -0.2) is 26.1 Å². The lowest BCUT2D eigenvalue weighted by atomic mass is 10.0. The van der Waals surface area contributed by atoms with Crippen molar-refractivity contribution in [2.45, 2.75) is 44.6 Å². The summed E-state index contributed by atoms with van der Waals surface area (Å²) in [6.07, 6.45) is 0. The predicted molar refractivity (Wildman–Crippen MR) is 129 cm³/mol. The first-order chi connectivity index (χ1) is 14.8. The van der Waals surface area contributed by atoms with Crippen LogP contribution >= 0.6 is 11.8 Å². The number of nitrogens with one attached hydrogen (secondary N) is 2. The van der Waals surface area contributed by atoms with Crippen molar-refractivity contribution in [3.8, 4) is 0 Å². The van der Waals surface area contributed by atoms with Gasteiger partial charge in [0.25, 0.3) is 0 Å². The van der Waals surface area contributed by atoms with Gasteiger partial charge in [0.2, 0.25) is 17.8 Å². The van der Waals surface area contributed by atoms with Gasteiger partial charge in [-0.15, -0.1) is 11.8 Å². The molecule has 0 saturated heterocycles. The summed E-state index contributed by atoms with van der Waals surface area (Å²) in [4.78, 5) is 25.5. The van der Waals surface area contributed by atoms with Crippen molar-refractivity contribution < 1.29 is 4.79 Å². The molecule has 0 aliphatic heterocycles. The fourth-order valence-electron chi connectivity index (χ4n) is 3.02. The Balaban J connectivity index is 1.63. The van der Waals surface area contributed by atoms with Crippen LogP contribution in [0.3, 0.4) is 0 Å². The molecule has 0 bridgehead atoms. The van der Waals surface area contributed by atoms with Crippen LogP contribution in [0.25, 0.3) is 0 Å². The second-order valence-corrected chi connectivity index (χ2v) is 8.89. The Hall–Kier alpha value is -3.13. The van der Waals surface area contributed by atoms with Gasteiger partial charge in [-0.05, 0) is 43.0 Å². The summed E-state index contributed by atoms with van der Waals surface area (Å²) in [6.45, 7) is 8.09. The van der Waals surface area contributed by atoms with Crippen molar-refractivity contribution in [1.82, 2.24) is 15.0 Å². The zero-order chi connectivity index (χ0) is 22.4. The van der Waals surface area contributed by atoms with E-state index in [0.29, 0.717) is 23.4 Å². The largest absolute Gasteiger partial charge is 0.368 e. The van der Waals surface area contributed by atoms with Gasteiger partial charge >= 0.3 is 0 Å². The number of hydrogen-bond donors (Lipinski definition) is 3. The second kappa shape index (κ2) is 10.3. The van der Waals surface area contributed by atoms with Crippen LogP contribution < -0.4 is 16.4 Å². The van der Waals surface area contributed by atoms with Crippen LogP contribution in [0.5, 0.6) is 0 Å². The average Bonchev–Trinajstić information content (AvgIpc) is 2.73. The quantitative estimate of drug-likeness (QED) is 0.461. The summed E-state index contributed by atoms with van der Waals surface area (Å²) in [5.74, 6) is 1.77. The lowest BCUT2D eigenvalue weighted by Gasteiger charge is -2.16. The molecule has 7 nitrogen and oxygen atoms in total. The normalized spacial score (nSPS) is 11.9. The summed E-state index contributed by atoms with van der Waals surface area (Å²) in [7, 11) is 0. The van der Waals surface area contributed by atoms with E-state index in [0.717, 1.165) is 22.5 Å². The molecule has 162 valence electrons. The molecule has 3 rings (SSSR count). The van der Waals surface area contributed by atoms with E-state index in [1.54, 1.807) is 0 Å². The molecule has 1 heterocycles. The van der Waals surface area contributed by atoms with E-state index in [-0.39, 0.29) is 17.1 Å². The van der Waals surface area contributed by atoms with Crippen LogP contribution in [0, 0.1) is 6.92 Å². The van der Waals surface area contributed by atoms with Gasteiger partial charge < -0.3 is 16.4 Å². The number of rotatable bonds is 8. The molecule has 0 radical (unpaired) electrons. The van der Waals surface area contributed by atoms with Gasteiger partial charge in [-0.2, -0.15) is 15.0 Å². The van der Waals surface area contributed by atoms with Gasteiger partial charge in [-0.1, -0.05) is 50.2 Å². The molecule has 0 aliphatic rings. The van der Waals surface area contributed by atoms with Crippen molar-refractivity contribution in [3.05, 3.63) is 65.5 Å². The van der Waals surface area contributed by atoms with Gasteiger partial charge in [-0.3, -0.25) is 4.79 Å². The van der Waals surface area contributed by atoms with E-state index in [1.165, 1.54) is 11.8 Å². The maximum absolute atomic E-state index is 12.7. The highest BCUT2D eigenvalue weighted by Crippen LogP contribution is 2.25. The van der Waals surface area contributed by atoms with Crippen molar-refractivity contribution in [1.29, 1.82) is 0 Å². The molecule has 3 aromatic rings. The molecule has 8 heteroatoms. The van der Waals surface area contributed by atoms with E-state index in [2.05, 4.69) is 39.4 Å². The van der Waals surface area contributed by atoms with Crippen molar-refractivity contribution in [2.24, 2.45) is 0 Å². The average molecular weight is 437 g/mol. The smallest absolute Gasteiger partial charge is 0.237 e. The fourth-order valence-corrected chi connectivity index (χ4v) is 3.75. The molecule has 0 fully saturated rings. The number of thioether (sulfide) groups is 1. The number of nitrogen functional groups attached to an aromatic ring is 1. The standard InChI is InChI=1S/C23H28N6OS/c1-14(2)17-10-6-8-12-19(17)25-21(30)16(4)31-13-20-27-22(24)29-23(28-20)26-18-11-7-5-9-15(18)3/h5-12,14,16H,13H2,1-4H3,(H,25,30)(H3,24,26,27,28,29)/t16-/m1/s1. The minimum Gasteiger partial charge on any atom is -0.368 e. The topological polar surface area (TPSA) is 106 Å². The number of benzene rings is 2. The van der Waals surface area contributed by atoms with Crippen molar-refractivity contribution in [2.75, 3.05) is 16.4 Å². The second-order valence-electron chi connectivity index (χ2n) is 7.56. The summed E-state index contributed by atoms with van der Waals surface area (Å²) in [6, 6.07) is 15.7. The van der Waals surface area contributed by atoms with E-state index >= 15 is 0 Å². The Morgan fingerprint density at radius 2 is 1.68 bits per heavy atom. The number of para-hydroxylation sites is 2. The molecule has 0 spiro atoms. The van der Waals surface area contributed by atoms with Crippen LogP contribution in [0.1, 0.15) is 43.6 Å². The molecule has 1 amide bonds. The minimum absolute atomic E-state index is 0.0570. The van der Waals surface area contributed by atoms with Crippen molar-refractivity contribution >= 4 is 40.9 Å². The molecule has 4 N–H and O–H groups in total. The number of nitrogens with zero attached hydrogens (tertiary/aromatic N) is 3. The molecule has 0 aliphatic carbocycles.